The Labute approximate surface area is 590 Å². The van der Waals surface area contributed by atoms with E-state index in [1.165, 1.54) is 20.0 Å². The van der Waals surface area contributed by atoms with Crippen LogP contribution in [0, 0.1) is 25.2 Å². The third-order valence-corrected chi connectivity index (χ3v) is 16.3. The number of nitrogens with zero attached hydrogens (tertiary/aromatic N) is 17. The number of aliphatic hydroxyl groups is 2. The second-order valence-corrected chi connectivity index (χ2v) is 23.6. The van der Waals surface area contributed by atoms with E-state index in [0.29, 0.717) is 114 Å². The summed E-state index contributed by atoms with van der Waals surface area (Å²) in [5, 5.41) is 53.0. The molecule has 8 N–H and O–H groups in total. The summed E-state index contributed by atoms with van der Waals surface area (Å²) in [7, 11) is 3.07. The lowest BCUT2D eigenvalue weighted by atomic mass is 10.1. The van der Waals surface area contributed by atoms with E-state index in [9.17, 15) is 10.2 Å². The van der Waals surface area contributed by atoms with E-state index < -0.39 is 0 Å². The van der Waals surface area contributed by atoms with E-state index in [0.717, 1.165) is 102 Å². The van der Waals surface area contributed by atoms with Crippen molar-refractivity contribution in [2.24, 2.45) is 15.3 Å². The summed E-state index contributed by atoms with van der Waals surface area (Å²) in [6.07, 6.45) is 15.3. The molecular formula is C73H81N23O6. The minimum absolute atomic E-state index is 0.0833. The van der Waals surface area contributed by atoms with Gasteiger partial charge in [0.25, 0.3) is 0 Å². The first-order valence-corrected chi connectivity index (χ1v) is 33.5. The number of benzene rings is 6. The first-order chi connectivity index (χ1) is 50.1. The number of fused-ring (bicyclic) bond motifs is 1. The number of nitriles is 1. The van der Waals surface area contributed by atoms with E-state index in [4.69, 9.17) is 29.2 Å². The first-order valence-electron chi connectivity index (χ1n) is 33.5. The van der Waals surface area contributed by atoms with Gasteiger partial charge in [0.1, 0.15) is 11.8 Å². The van der Waals surface area contributed by atoms with E-state index in [1.54, 1.807) is 68.5 Å². The topological polar surface area (TPSA) is 349 Å². The molecule has 0 radical (unpaired) electrons. The Morgan fingerprint density at radius 3 is 1.64 bits per heavy atom. The summed E-state index contributed by atoms with van der Waals surface area (Å²) < 4.78 is 21.5. The molecule has 6 aromatic carbocycles. The Morgan fingerprint density at radius 2 is 1.04 bits per heavy atom. The second-order valence-electron chi connectivity index (χ2n) is 23.6. The highest BCUT2D eigenvalue weighted by molar-refractivity contribution is 5.95. The molecule has 524 valence electrons. The van der Waals surface area contributed by atoms with Crippen LogP contribution in [-0.2, 0) is 18.0 Å². The number of anilines is 12. The number of pyridine rings is 1. The van der Waals surface area contributed by atoms with Crippen molar-refractivity contribution in [1.29, 1.82) is 5.26 Å². The molecule has 3 saturated heterocycles. The Kier molecular flexibility index (Phi) is 25.4. The minimum atomic E-state index is -0.211. The normalized spacial score (nSPS) is 13.7. The molecule has 3 fully saturated rings. The predicted octanol–water partition coefficient (Wildman–Crippen LogP) is 11.1. The van der Waals surface area contributed by atoms with Gasteiger partial charge < -0.3 is 59.8 Å². The maximum Gasteiger partial charge on any atom is 0.250 e. The van der Waals surface area contributed by atoms with Crippen LogP contribution in [0.3, 0.4) is 0 Å². The molecule has 10 aromatic rings. The number of nitrogens with one attached hydrogen (secondary N) is 6. The zero-order valence-corrected chi connectivity index (χ0v) is 57.2. The lowest BCUT2D eigenvalue weighted by molar-refractivity contribution is 0.122. The number of hydrogen-bond acceptors (Lipinski definition) is 29. The number of para-hydroxylation sites is 1. The smallest absolute Gasteiger partial charge is 0.250 e. The number of hydrazone groups is 3. The predicted molar refractivity (Wildman–Crippen MR) is 398 cm³/mol. The van der Waals surface area contributed by atoms with Gasteiger partial charge in [-0.25, -0.2) is 16.3 Å². The summed E-state index contributed by atoms with van der Waals surface area (Å²) in [6, 6.07) is 44.7. The molecule has 0 aliphatic carbocycles. The van der Waals surface area contributed by atoms with Crippen LogP contribution in [0.25, 0.3) is 10.8 Å². The summed E-state index contributed by atoms with van der Waals surface area (Å²) in [6.45, 7) is 9.86. The van der Waals surface area contributed by atoms with E-state index in [1.807, 2.05) is 86.6 Å². The van der Waals surface area contributed by atoms with Crippen LogP contribution in [0.4, 0.5) is 70.6 Å². The maximum atomic E-state index is 9.70. The monoisotopic (exact) mass is 1380 g/mol. The molecule has 3 aliphatic heterocycles. The Morgan fingerprint density at radius 1 is 0.500 bits per heavy atom. The fourth-order valence-corrected chi connectivity index (χ4v) is 11.1. The third-order valence-electron chi connectivity index (χ3n) is 16.3. The number of aryl methyl sites for hydroxylation is 2. The summed E-state index contributed by atoms with van der Waals surface area (Å²) in [5.74, 6) is 5.58. The van der Waals surface area contributed by atoms with Gasteiger partial charge in [-0.05, 0) is 152 Å². The maximum absolute atomic E-state index is 9.70. The molecule has 0 unspecified atom stereocenters. The molecule has 7 heterocycles. The van der Waals surface area contributed by atoms with Gasteiger partial charge in [0.05, 0.1) is 59.3 Å². The van der Waals surface area contributed by atoms with Crippen LogP contribution in [0.2, 0.25) is 0 Å². The standard InChI is InChI=1S/C25H31N7O4.C24H26N8O2.C24H24N8/c1-16-5-6-17(2)20(11-16)27-23-28-24(30-25(29-23)32-7-9-36-10-8-32)31-26-14-18-12-19(15-33)22(35-4)21(13-18)34-3;25-11-14-34-21-10-9-18(15-19(21)17-33)16-26-31-23-28-22(27-20-7-3-1-4-8-20)29-24(30-23)32-12-5-2-6-13-32;1-4-15-32(16-5-1)24-29-22(27-21-10-6-8-19-7-2-3-9-20(19)21)28-23(30-24)31-26-17-18-11-13-25-14-12-18/h5-6,11-14,33H,7-10,15H2,1-4H3,(H2,27,28,29,30,31);1,3-4,7-10,15-16,33H,2,5-6,12-14,17H2,(H2,27,28,29,30,31);2-3,6-14,17H,1,4-5,15-16H2,(H2,27,28,29,30,31)/b26-14+;26-16+;26-17+. The second kappa shape index (κ2) is 36.5. The summed E-state index contributed by atoms with van der Waals surface area (Å²) >= 11 is 0. The number of piperidine rings is 2. The van der Waals surface area contributed by atoms with Crippen LogP contribution in [0.1, 0.15) is 77.5 Å². The Bertz CT molecular complexity index is 4480. The van der Waals surface area contributed by atoms with Crippen molar-refractivity contribution in [2.75, 3.05) is 120 Å². The quantitative estimate of drug-likeness (QED) is 0.0206. The van der Waals surface area contributed by atoms with Gasteiger partial charge in [-0.3, -0.25) is 4.98 Å². The fraction of sp³-hybridized carbons (Fsp3) is 0.288. The van der Waals surface area contributed by atoms with Crippen LogP contribution in [0.5, 0.6) is 17.2 Å². The fourth-order valence-electron chi connectivity index (χ4n) is 11.1. The number of aromatic nitrogens is 10. The molecule has 29 heteroatoms. The van der Waals surface area contributed by atoms with Crippen LogP contribution >= 0.6 is 0 Å². The molecule has 0 spiro atoms. The minimum Gasteiger partial charge on any atom is -0.493 e. The van der Waals surface area contributed by atoms with Crippen molar-refractivity contribution in [3.63, 3.8) is 0 Å². The van der Waals surface area contributed by atoms with Crippen molar-refractivity contribution >= 4 is 100 Å². The van der Waals surface area contributed by atoms with Gasteiger partial charge in [-0.15, -0.1) is 0 Å². The van der Waals surface area contributed by atoms with E-state index >= 15 is 0 Å². The number of ether oxygens (including phenoxy) is 4. The van der Waals surface area contributed by atoms with Crippen LogP contribution in [0.15, 0.2) is 161 Å². The molecule has 0 saturated carbocycles. The lowest BCUT2D eigenvalue weighted by Crippen LogP contribution is -2.37. The zero-order chi connectivity index (χ0) is 70.7. The van der Waals surface area contributed by atoms with Gasteiger partial charge in [0.2, 0.25) is 53.5 Å². The van der Waals surface area contributed by atoms with Crippen molar-refractivity contribution < 1.29 is 29.2 Å². The number of morpholine rings is 1. The molecule has 102 heavy (non-hydrogen) atoms. The third kappa shape index (κ3) is 20.2. The number of methoxy groups -OCH3 is 2. The zero-order valence-electron chi connectivity index (χ0n) is 57.2. The molecule has 13 rings (SSSR count). The molecule has 0 amide bonds. The number of rotatable bonds is 24. The molecular weight excluding hydrogens is 1290 g/mol. The largest absolute Gasteiger partial charge is 0.493 e. The molecule has 4 aromatic heterocycles. The van der Waals surface area contributed by atoms with Gasteiger partial charge in [0.15, 0.2) is 18.1 Å². The first kappa shape index (κ1) is 71.0. The van der Waals surface area contributed by atoms with Gasteiger partial charge in [0, 0.05) is 85.2 Å². The summed E-state index contributed by atoms with van der Waals surface area (Å²) in [4.78, 5) is 51.7. The average molecular weight is 1380 g/mol. The van der Waals surface area contributed by atoms with Crippen molar-refractivity contribution in [3.05, 3.63) is 185 Å². The highest BCUT2D eigenvalue weighted by atomic mass is 16.5. The SMILES string of the molecule is C(=N\Nc1nc(Nc2cccc3ccccc23)nc(N2CCCCC2)n1)/c1ccncc1.COc1cc(/C=N/Nc2nc(Nc3cc(C)ccc3C)nc(N3CCOCC3)n2)cc(CO)c1OC.N#CCOc1ccc(/C=N/Nc2nc(Nc3ccccc3)nc(N3CCCCC3)n2)cc1CO. The molecule has 0 atom stereocenters. The molecule has 0 bridgehead atoms. The van der Waals surface area contributed by atoms with Gasteiger partial charge in [-0.2, -0.15) is 65.4 Å². The van der Waals surface area contributed by atoms with Crippen LogP contribution < -0.4 is 61.1 Å². The van der Waals surface area contributed by atoms with Gasteiger partial charge >= 0.3 is 0 Å². The summed E-state index contributed by atoms with van der Waals surface area (Å²) in [5.41, 5.74) is 17.3. The average Bonchev–Trinajstić information content (AvgIpc) is 0.887. The van der Waals surface area contributed by atoms with Crippen molar-refractivity contribution in [3.8, 4) is 23.3 Å². The molecule has 3 aliphatic rings. The lowest BCUT2D eigenvalue weighted by Gasteiger charge is -2.27. The Hall–Kier alpha value is -12.3. The van der Waals surface area contributed by atoms with Gasteiger partial charge in [-0.1, -0.05) is 66.7 Å². The van der Waals surface area contributed by atoms with E-state index in [-0.39, 0.29) is 19.8 Å². The Balaban J connectivity index is 0.000000154. The molecule has 29 nitrogen and oxygen atoms in total. The number of aliphatic hydroxyl groups excluding tert-OH is 2. The highest BCUT2D eigenvalue weighted by Crippen LogP contribution is 2.33. The van der Waals surface area contributed by atoms with Crippen LogP contribution in [-0.4, -0.2) is 152 Å². The van der Waals surface area contributed by atoms with E-state index in [2.05, 4.69) is 143 Å². The number of hydrogen-bond donors (Lipinski definition) is 8. The van der Waals surface area contributed by atoms with Crippen molar-refractivity contribution in [1.82, 2.24) is 49.8 Å². The highest BCUT2D eigenvalue weighted by Gasteiger charge is 2.21. The van der Waals surface area contributed by atoms with Crippen molar-refractivity contribution in [2.45, 2.75) is 65.6 Å².